The van der Waals surface area contributed by atoms with Crippen LogP contribution in [0.15, 0.2) is 12.2 Å². The minimum atomic E-state index is -0.397. The quantitative estimate of drug-likeness (QED) is 0.177. The normalized spacial score (nSPS) is 23.7. The van der Waals surface area contributed by atoms with Crippen LogP contribution in [0.5, 0.6) is 0 Å². The lowest BCUT2D eigenvalue weighted by Gasteiger charge is -2.23. The van der Waals surface area contributed by atoms with E-state index in [-0.39, 0.29) is 30.0 Å². The molecule has 0 saturated heterocycles. The molecule has 0 aliphatic heterocycles. The largest absolute Gasteiger partial charge is 0.463 e. The van der Waals surface area contributed by atoms with E-state index in [0.717, 1.165) is 38.5 Å². The summed E-state index contributed by atoms with van der Waals surface area (Å²) in [6.07, 6.45) is 15.1. The monoisotopic (exact) mass is 438 g/mol. The molecule has 0 spiro atoms. The van der Waals surface area contributed by atoms with Gasteiger partial charge < -0.3 is 14.6 Å². The van der Waals surface area contributed by atoms with Gasteiger partial charge in [-0.1, -0.05) is 44.8 Å². The van der Waals surface area contributed by atoms with Gasteiger partial charge in [-0.15, -0.1) is 0 Å². The van der Waals surface area contributed by atoms with Gasteiger partial charge in [0, 0.05) is 32.8 Å². The average Bonchev–Trinajstić information content (AvgIpc) is 3.02. The highest BCUT2D eigenvalue weighted by atomic mass is 16.5. The maximum Gasteiger partial charge on any atom is 0.306 e. The van der Waals surface area contributed by atoms with Gasteiger partial charge in [0.05, 0.1) is 18.3 Å². The molecule has 1 saturated carbocycles. The molecule has 31 heavy (non-hydrogen) atoms. The van der Waals surface area contributed by atoms with E-state index in [1.54, 1.807) is 7.11 Å². The molecule has 180 valence electrons. The van der Waals surface area contributed by atoms with Crippen molar-refractivity contribution in [3.8, 4) is 0 Å². The highest BCUT2D eigenvalue weighted by Crippen LogP contribution is 2.39. The Morgan fingerprint density at radius 3 is 2.42 bits per heavy atom. The number of ketones is 1. The van der Waals surface area contributed by atoms with Crippen molar-refractivity contribution in [2.75, 3.05) is 7.11 Å². The Balaban J connectivity index is 2.38. The summed E-state index contributed by atoms with van der Waals surface area (Å²) in [6.45, 7) is 5.91. The number of unbranched alkanes of at least 4 members (excludes halogenated alkanes) is 5. The van der Waals surface area contributed by atoms with Gasteiger partial charge in [0.1, 0.15) is 5.78 Å². The van der Waals surface area contributed by atoms with E-state index in [1.807, 2.05) is 13.8 Å². The van der Waals surface area contributed by atoms with E-state index < -0.39 is 6.10 Å². The van der Waals surface area contributed by atoms with Crippen LogP contribution >= 0.6 is 0 Å². The number of aliphatic hydroxyl groups is 1. The van der Waals surface area contributed by atoms with E-state index in [9.17, 15) is 14.7 Å². The SMILES string of the molecule is CCCCCCCC(=O)CC[C@@H]1[C@@H](C/C=C\CCCC(=O)OC(C)C)[C@@H](OC)C[C@H]1O. The van der Waals surface area contributed by atoms with Crippen molar-refractivity contribution in [1.82, 2.24) is 0 Å². The number of esters is 1. The van der Waals surface area contributed by atoms with Crippen LogP contribution in [0.2, 0.25) is 0 Å². The summed E-state index contributed by atoms with van der Waals surface area (Å²) in [4.78, 5) is 23.9. The number of aliphatic hydroxyl groups excluding tert-OH is 1. The van der Waals surface area contributed by atoms with Crippen molar-refractivity contribution >= 4 is 11.8 Å². The molecule has 5 heteroatoms. The fraction of sp³-hybridized carbons (Fsp3) is 0.846. The number of ether oxygens (including phenoxy) is 2. The van der Waals surface area contributed by atoms with Crippen molar-refractivity contribution in [2.24, 2.45) is 11.8 Å². The lowest BCUT2D eigenvalue weighted by atomic mass is 9.86. The maximum absolute atomic E-state index is 12.3. The third kappa shape index (κ3) is 11.8. The Morgan fingerprint density at radius 1 is 1.00 bits per heavy atom. The van der Waals surface area contributed by atoms with Crippen molar-refractivity contribution < 1.29 is 24.2 Å². The van der Waals surface area contributed by atoms with Crippen LogP contribution in [-0.2, 0) is 19.1 Å². The van der Waals surface area contributed by atoms with Gasteiger partial charge in [-0.05, 0) is 57.8 Å². The summed E-state index contributed by atoms with van der Waals surface area (Å²) < 4.78 is 10.8. The number of rotatable bonds is 17. The third-order valence-electron chi connectivity index (χ3n) is 6.31. The van der Waals surface area contributed by atoms with Crippen molar-refractivity contribution in [2.45, 2.75) is 123 Å². The number of carbonyl (C=O) groups is 2. The standard InChI is InChI=1S/C26H46O5/c1-5-6-7-8-11-14-21(27)17-18-22-23(25(30-4)19-24(22)28)15-12-9-10-13-16-26(29)31-20(2)3/h9,12,20,22-25,28H,5-8,10-11,13-19H2,1-4H3/b12-9-/t22-,23-,24-,25+/m1/s1. The molecule has 0 radical (unpaired) electrons. The number of allylic oxidation sites excluding steroid dienone is 2. The van der Waals surface area contributed by atoms with Crippen molar-refractivity contribution in [1.29, 1.82) is 0 Å². The van der Waals surface area contributed by atoms with Gasteiger partial charge in [-0.3, -0.25) is 9.59 Å². The molecular weight excluding hydrogens is 392 g/mol. The van der Waals surface area contributed by atoms with E-state index in [4.69, 9.17) is 9.47 Å². The molecular formula is C26H46O5. The van der Waals surface area contributed by atoms with Crippen LogP contribution in [-0.4, -0.2) is 42.3 Å². The Bertz CT molecular complexity index is 528. The second-order valence-electron chi connectivity index (χ2n) is 9.28. The molecule has 0 aromatic rings. The summed E-state index contributed by atoms with van der Waals surface area (Å²) in [5.41, 5.74) is 0. The van der Waals surface area contributed by atoms with Crippen LogP contribution in [0.1, 0.15) is 104 Å². The van der Waals surface area contributed by atoms with Gasteiger partial charge in [0.2, 0.25) is 0 Å². The summed E-state index contributed by atoms with van der Waals surface area (Å²) in [6, 6.07) is 0. The predicted molar refractivity (Wildman–Crippen MR) is 125 cm³/mol. The minimum absolute atomic E-state index is 0.0369. The van der Waals surface area contributed by atoms with Gasteiger partial charge in [-0.25, -0.2) is 0 Å². The third-order valence-corrected chi connectivity index (χ3v) is 6.31. The molecule has 1 aliphatic rings. The molecule has 0 aromatic carbocycles. The van der Waals surface area contributed by atoms with Gasteiger partial charge in [0.15, 0.2) is 0 Å². The molecule has 0 bridgehead atoms. The molecule has 0 amide bonds. The fourth-order valence-corrected chi connectivity index (χ4v) is 4.59. The zero-order valence-electron chi connectivity index (χ0n) is 20.3. The second-order valence-corrected chi connectivity index (χ2v) is 9.28. The summed E-state index contributed by atoms with van der Waals surface area (Å²) >= 11 is 0. The molecule has 1 rings (SSSR count). The zero-order valence-corrected chi connectivity index (χ0v) is 20.3. The van der Waals surface area contributed by atoms with E-state index >= 15 is 0 Å². The van der Waals surface area contributed by atoms with Gasteiger partial charge in [0.25, 0.3) is 0 Å². The number of carbonyl (C=O) groups excluding carboxylic acids is 2. The summed E-state index contributed by atoms with van der Waals surface area (Å²) in [5, 5.41) is 10.6. The number of methoxy groups -OCH3 is 1. The molecule has 1 fully saturated rings. The van der Waals surface area contributed by atoms with Gasteiger partial charge in [-0.2, -0.15) is 0 Å². The highest BCUT2D eigenvalue weighted by molar-refractivity contribution is 5.78. The Hall–Kier alpha value is -1.20. The van der Waals surface area contributed by atoms with E-state index in [0.29, 0.717) is 31.5 Å². The molecule has 0 unspecified atom stereocenters. The van der Waals surface area contributed by atoms with E-state index in [2.05, 4.69) is 19.1 Å². The summed E-state index contributed by atoms with van der Waals surface area (Å²) in [5.74, 6) is 0.531. The van der Waals surface area contributed by atoms with E-state index in [1.165, 1.54) is 19.3 Å². The molecule has 0 aromatic heterocycles. The smallest absolute Gasteiger partial charge is 0.306 e. The maximum atomic E-state index is 12.3. The Labute approximate surface area is 190 Å². The molecule has 1 N–H and O–H groups in total. The second kappa shape index (κ2) is 16.4. The van der Waals surface area contributed by atoms with Crippen LogP contribution in [0, 0.1) is 11.8 Å². The zero-order chi connectivity index (χ0) is 23.1. The fourth-order valence-electron chi connectivity index (χ4n) is 4.59. The van der Waals surface area contributed by atoms with Crippen LogP contribution in [0.3, 0.4) is 0 Å². The average molecular weight is 439 g/mol. The minimum Gasteiger partial charge on any atom is -0.463 e. The van der Waals surface area contributed by atoms with Crippen molar-refractivity contribution in [3.63, 3.8) is 0 Å². The van der Waals surface area contributed by atoms with Crippen LogP contribution < -0.4 is 0 Å². The first-order valence-electron chi connectivity index (χ1n) is 12.5. The van der Waals surface area contributed by atoms with Gasteiger partial charge >= 0.3 is 5.97 Å². The summed E-state index contributed by atoms with van der Waals surface area (Å²) in [7, 11) is 1.71. The molecule has 4 atom stereocenters. The molecule has 5 nitrogen and oxygen atoms in total. The lowest BCUT2D eigenvalue weighted by Crippen LogP contribution is -2.23. The number of hydrogen-bond acceptors (Lipinski definition) is 5. The molecule has 0 heterocycles. The first-order valence-corrected chi connectivity index (χ1v) is 12.5. The predicted octanol–water partition coefficient (Wildman–Crippen LogP) is 5.78. The molecule has 1 aliphatic carbocycles. The van der Waals surface area contributed by atoms with Crippen LogP contribution in [0.25, 0.3) is 0 Å². The Kier molecular flexibility index (Phi) is 14.8. The van der Waals surface area contributed by atoms with Crippen LogP contribution in [0.4, 0.5) is 0 Å². The Morgan fingerprint density at radius 2 is 1.74 bits per heavy atom. The van der Waals surface area contributed by atoms with Crippen molar-refractivity contribution in [3.05, 3.63) is 12.2 Å². The number of hydrogen-bond donors (Lipinski definition) is 1. The number of Topliss-reactive ketones (excluding diaryl/α,β-unsaturated/α-hetero) is 1. The lowest BCUT2D eigenvalue weighted by molar-refractivity contribution is -0.147. The first-order chi connectivity index (χ1) is 14.9. The topological polar surface area (TPSA) is 72.8 Å². The highest BCUT2D eigenvalue weighted by Gasteiger charge is 2.41. The first kappa shape index (κ1) is 27.8.